The van der Waals surface area contributed by atoms with Crippen molar-refractivity contribution in [1.82, 2.24) is 0 Å². The van der Waals surface area contributed by atoms with E-state index in [0.29, 0.717) is 17.7 Å². The van der Waals surface area contributed by atoms with Gasteiger partial charge in [-0.3, -0.25) is 4.79 Å². The van der Waals surface area contributed by atoms with Crippen LogP contribution in [-0.2, 0) is 11.2 Å². The van der Waals surface area contributed by atoms with Gasteiger partial charge in [0.05, 0.1) is 13.0 Å². The van der Waals surface area contributed by atoms with E-state index >= 15 is 0 Å². The zero-order chi connectivity index (χ0) is 11.4. The number of hydrogen-bond acceptors (Lipinski definition) is 3. The van der Waals surface area contributed by atoms with Gasteiger partial charge < -0.3 is 14.9 Å². The van der Waals surface area contributed by atoms with Crippen molar-refractivity contribution >= 4 is 5.97 Å². The molecular weight excluding hydrogens is 196 g/mol. The van der Waals surface area contributed by atoms with E-state index in [1.165, 1.54) is 7.11 Å². The van der Waals surface area contributed by atoms with Crippen LogP contribution in [0.15, 0.2) is 18.2 Å². The maximum atomic E-state index is 10.7. The molecule has 0 saturated heterocycles. The molecule has 0 fully saturated rings. The van der Waals surface area contributed by atoms with Crippen molar-refractivity contribution in [3.63, 3.8) is 0 Å². The molecule has 1 rings (SSSR count). The Hall–Kier alpha value is -1.71. The zero-order valence-electron chi connectivity index (χ0n) is 8.73. The number of ether oxygens (including phenoxy) is 1. The number of aliphatic carboxylic acids is 1. The van der Waals surface area contributed by atoms with Gasteiger partial charge in [0.2, 0.25) is 0 Å². The number of rotatable bonds is 4. The second-order valence-electron chi connectivity index (χ2n) is 3.41. The first-order chi connectivity index (χ1) is 7.06. The third-order valence-corrected chi connectivity index (χ3v) is 2.25. The Kier molecular flexibility index (Phi) is 3.55. The number of aromatic hydroxyl groups is 1. The smallest absolute Gasteiger partial charge is 0.306 e. The molecule has 2 N–H and O–H groups in total. The minimum Gasteiger partial charge on any atom is -0.504 e. The van der Waals surface area contributed by atoms with Gasteiger partial charge in [-0.15, -0.1) is 0 Å². The first kappa shape index (κ1) is 11.4. The van der Waals surface area contributed by atoms with E-state index < -0.39 is 11.9 Å². The van der Waals surface area contributed by atoms with E-state index in [9.17, 15) is 9.90 Å². The Morgan fingerprint density at radius 1 is 1.53 bits per heavy atom. The molecule has 1 unspecified atom stereocenters. The number of phenolic OH excluding ortho intramolecular Hbond substituents is 1. The van der Waals surface area contributed by atoms with Gasteiger partial charge in [-0.25, -0.2) is 0 Å². The molecule has 4 nitrogen and oxygen atoms in total. The van der Waals surface area contributed by atoms with Crippen LogP contribution < -0.4 is 4.74 Å². The van der Waals surface area contributed by atoms with Crippen LogP contribution in [-0.4, -0.2) is 23.3 Å². The summed E-state index contributed by atoms with van der Waals surface area (Å²) in [6.07, 6.45) is 0.290. The summed E-state index contributed by atoms with van der Waals surface area (Å²) in [6.45, 7) is 1.60. The van der Waals surface area contributed by atoms with Crippen molar-refractivity contribution in [2.45, 2.75) is 13.3 Å². The number of methoxy groups -OCH3 is 1. The van der Waals surface area contributed by atoms with E-state index in [0.717, 1.165) is 0 Å². The lowest BCUT2D eigenvalue weighted by atomic mass is 10.0. The average Bonchev–Trinajstić information content (AvgIpc) is 2.21. The molecule has 1 aromatic carbocycles. The number of para-hydroxylation sites is 1. The fraction of sp³-hybridized carbons (Fsp3) is 0.364. The summed E-state index contributed by atoms with van der Waals surface area (Å²) in [4.78, 5) is 10.7. The molecule has 1 aromatic rings. The number of phenols is 1. The summed E-state index contributed by atoms with van der Waals surface area (Å²) in [5, 5.41) is 18.4. The molecule has 0 aliphatic rings. The number of carbonyl (C=O) groups is 1. The first-order valence-electron chi connectivity index (χ1n) is 4.64. The number of carboxylic acid groups (broad SMARTS) is 1. The Bertz CT molecular complexity index is 360. The van der Waals surface area contributed by atoms with Crippen LogP contribution in [0.1, 0.15) is 12.5 Å². The quantitative estimate of drug-likeness (QED) is 0.793. The highest BCUT2D eigenvalue weighted by Crippen LogP contribution is 2.30. The van der Waals surface area contributed by atoms with Gasteiger partial charge in [0.15, 0.2) is 11.5 Å². The third-order valence-electron chi connectivity index (χ3n) is 2.25. The van der Waals surface area contributed by atoms with Gasteiger partial charge in [0, 0.05) is 0 Å². The van der Waals surface area contributed by atoms with Crippen molar-refractivity contribution in [2.75, 3.05) is 7.11 Å². The Morgan fingerprint density at radius 3 is 2.73 bits per heavy atom. The highest BCUT2D eigenvalue weighted by Gasteiger charge is 2.15. The Morgan fingerprint density at radius 2 is 2.20 bits per heavy atom. The van der Waals surface area contributed by atoms with Crippen molar-refractivity contribution in [2.24, 2.45) is 5.92 Å². The van der Waals surface area contributed by atoms with Crippen LogP contribution >= 0.6 is 0 Å². The maximum absolute atomic E-state index is 10.7. The lowest BCUT2D eigenvalue weighted by Crippen LogP contribution is -2.12. The summed E-state index contributed by atoms with van der Waals surface area (Å²) in [7, 11) is 1.46. The molecule has 0 saturated carbocycles. The predicted octanol–water partition coefficient (Wildman–Crippen LogP) is 1.66. The molecule has 0 radical (unpaired) electrons. The zero-order valence-corrected chi connectivity index (χ0v) is 8.73. The molecule has 0 heterocycles. The van der Waals surface area contributed by atoms with Crippen LogP contribution in [0.25, 0.3) is 0 Å². The predicted molar refractivity (Wildman–Crippen MR) is 55.2 cm³/mol. The van der Waals surface area contributed by atoms with E-state index in [4.69, 9.17) is 9.84 Å². The van der Waals surface area contributed by atoms with Gasteiger partial charge in [0.1, 0.15) is 0 Å². The molecular formula is C11H14O4. The molecule has 0 aromatic heterocycles. The van der Waals surface area contributed by atoms with Crippen molar-refractivity contribution in [1.29, 1.82) is 0 Å². The Balaban J connectivity index is 2.90. The van der Waals surface area contributed by atoms with Crippen molar-refractivity contribution in [3.05, 3.63) is 23.8 Å². The number of carboxylic acids is 1. The SMILES string of the molecule is COc1cccc(CC(C)C(=O)O)c1O. The second-order valence-corrected chi connectivity index (χ2v) is 3.41. The lowest BCUT2D eigenvalue weighted by molar-refractivity contribution is -0.141. The van der Waals surface area contributed by atoms with Gasteiger partial charge in [-0.1, -0.05) is 19.1 Å². The summed E-state index contributed by atoms with van der Waals surface area (Å²) >= 11 is 0. The van der Waals surface area contributed by atoms with Gasteiger partial charge in [-0.05, 0) is 18.1 Å². The maximum Gasteiger partial charge on any atom is 0.306 e. The summed E-state index contributed by atoms with van der Waals surface area (Å²) < 4.78 is 4.93. The van der Waals surface area contributed by atoms with E-state index in [-0.39, 0.29) is 5.75 Å². The van der Waals surface area contributed by atoms with Crippen LogP contribution in [0.2, 0.25) is 0 Å². The minimum atomic E-state index is -0.878. The minimum absolute atomic E-state index is 0.0214. The fourth-order valence-corrected chi connectivity index (χ4v) is 1.31. The normalized spacial score (nSPS) is 12.1. The standard InChI is InChI=1S/C11H14O4/c1-7(11(13)14)6-8-4-3-5-9(15-2)10(8)12/h3-5,7,12H,6H2,1-2H3,(H,13,14). The molecule has 15 heavy (non-hydrogen) atoms. The van der Waals surface area contributed by atoms with Crippen molar-refractivity contribution in [3.8, 4) is 11.5 Å². The summed E-state index contributed by atoms with van der Waals surface area (Å²) in [5.41, 5.74) is 0.587. The van der Waals surface area contributed by atoms with E-state index in [1.807, 2.05) is 0 Å². The topological polar surface area (TPSA) is 66.8 Å². The third kappa shape index (κ3) is 2.62. The van der Waals surface area contributed by atoms with Crippen LogP contribution in [0, 0.1) is 5.92 Å². The van der Waals surface area contributed by atoms with Gasteiger partial charge in [-0.2, -0.15) is 0 Å². The molecule has 0 aliphatic heterocycles. The highest BCUT2D eigenvalue weighted by molar-refractivity contribution is 5.70. The number of benzene rings is 1. The summed E-state index contributed by atoms with van der Waals surface area (Å²) in [6, 6.07) is 5.05. The van der Waals surface area contributed by atoms with Crippen LogP contribution in [0.4, 0.5) is 0 Å². The largest absolute Gasteiger partial charge is 0.504 e. The van der Waals surface area contributed by atoms with Crippen molar-refractivity contribution < 1.29 is 19.7 Å². The molecule has 0 amide bonds. The molecule has 0 bridgehead atoms. The van der Waals surface area contributed by atoms with Gasteiger partial charge >= 0.3 is 5.97 Å². The molecule has 4 heteroatoms. The van der Waals surface area contributed by atoms with Crippen LogP contribution in [0.5, 0.6) is 11.5 Å². The fourth-order valence-electron chi connectivity index (χ4n) is 1.31. The van der Waals surface area contributed by atoms with E-state index in [2.05, 4.69) is 0 Å². The van der Waals surface area contributed by atoms with Gasteiger partial charge in [0.25, 0.3) is 0 Å². The molecule has 82 valence electrons. The van der Waals surface area contributed by atoms with Crippen LogP contribution in [0.3, 0.4) is 0 Å². The van der Waals surface area contributed by atoms with E-state index in [1.54, 1.807) is 25.1 Å². The number of hydrogen-bond donors (Lipinski definition) is 2. The monoisotopic (exact) mass is 210 g/mol. The molecule has 0 spiro atoms. The second kappa shape index (κ2) is 4.68. The lowest BCUT2D eigenvalue weighted by Gasteiger charge is -2.10. The first-order valence-corrected chi connectivity index (χ1v) is 4.64. The molecule has 0 aliphatic carbocycles. The average molecular weight is 210 g/mol. The Labute approximate surface area is 88.1 Å². The summed E-state index contributed by atoms with van der Waals surface area (Å²) in [5.74, 6) is -1.02. The molecule has 1 atom stereocenters. The highest BCUT2D eigenvalue weighted by atomic mass is 16.5.